The van der Waals surface area contributed by atoms with Crippen molar-refractivity contribution in [3.63, 3.8) is 0 Å². The summed E-state index contributed by atoms with van der Waals surface area (Å²) in [5.74, 6) is 0. The van der Waals surface area contributed by atoms with Crippen LogP contribution in [0.3, 0.4) is 0 Å². The van der Waals surface area contributed by atoms with E-state index in [2.05, 4.69) is 5.32 Å². The number of aliphatic hydroxyl groups is 1. The van der Waals surface area contributed by atoms with E-state index in [-0.39, 0.29) is 0 Å². The van der Waals surface area contributed by atoms with Gasteiger partial charge in [-0.05, 0) is 53.9 Å². The van der Waals surface area contributed by atoms with Gasteiger partial charge in [-0.3, -0.25) is 0 Å². The summed E-state index contributed by atoms with van der Waals surface area (Å²) < 4.78 is 5.20. The van der Waals surface area contributed by atoms with E-state index >= 15 is 0 Å². The maximum atomic E-state index is 11.7. The van der Waals surface area contributed by atoms with E-state index in [0.29, 0.717) is 0 Å². The van der Waals surface area contributed by atoms with Crippen molar-refractivity contribution in [2.45, 2.75) is 70.6 Å². The van der Waals surface area contributed by atoms with Crippen LogP contribution in [-0.4, -0.2) is 27.9 Å². The molecule has 1 amide bonds. The number of carbonyl (C=O) groups is 1. The number of nitrogens with one attached hydrogen (secondary N) is 1. The van der Waals surface area contributed by atoms with Crippen molar-refractivity contribution in [1.82, 2.24) is 5.32 Å². The minimum absolute atomic E-state index is 0.450. The first-order valence-electron chi connectivity index (χ1n) is 5.79. The number of rotatable bonds is 2. The van der Waals surface area contributed by atoms with Crippen LogP contribution in [0.15, 0.2) is 0 Å². The molecule has 1 rings (SSSR count). The molecule has 0 unspecified atom stereocenters. The van der Waals surface area contributed by atoms with Gasteiger partial charge in [-0.15, -0.1) is 0 Å². The van der Waals surface area contributed by atoms with Crippen LogP contribution < -0.4 is 5.32 Å². The quantitative estimate of drug-likeness (QED) is 0.763. The van der Waals surface area contributed by atoms with E-state index in [1.165, 1.54) is 0 Å². The fourth-order valence-corrected chi connectivity index (χ4v) is 1.92. The molecule has 0 saturated heterocycles. The normalized spacial score (nSPS) is 19.9. The Labute approximate surface area is 97.4 Å². The molecule has 4 heteroatoms. The third-order valence-electron chi connectivity index (χ3n) is 3.12. The molecule has 1 aliphatic carbocycles. The van der Waals surface area contributed by atoms with Crippen molar-refractivity contribution in [2.24, 2.45) is 0 Å². The third-order valence-corrected chi connectivity index (χ3v) is 3.12. The first-order valence-corrected chi connectivity index (χ1v) is 5.79. The highest BCUT2D eigenvalue weighted by Gasteiger charge is 2.50. The summed E-state index contributed by atoms with van der Waals surface area (Å²) in [6.07, 6.45) is 2.18. The summed E-state index contributed by atoms with van der Waals surface area (Å²) in [4.78, 5) is 11.7. The molecule has 0 aliphatic heterocycles. The van der Waals surface area contributed by atoms with Gasteiger partial charge in [0.05, 0.1) is 11.1 Å². The van der Waals surface area contributed by atoms with Gasteiger partial charge in [0, 0.05) is 0 Å². The minimum atomic E-state index is -0.915. The Kier molecular flexibility index (Phi) is 3.25. The van der Waals surface area contributed by atoms with Crippen molar-refractivity contribution in [1.29, 1.82) is 0 Å². The predicted octanol–water partition coefficient (Wildman–Crippen LogP) is 2.20. The molecular formula is C12H23NO3. The zero-order chi connectivity index (χ0) is 12.6. The van der Waals surface area contributed by atoms with Gasteiger partial charge >= 0.3 is 6.09 Å². The first-order chi connectivity index (χ1) is 7.06. The fourth-order valence-electron chi connectivity index (χ4n) is 1.92. The molecule has 0 heterocycles. The molecule has 1 fully saturated rings. The number of hydrogen-bond donors (Lipinski definition) is 2. The lowest BCUT2D eigenvalue weighted by molar-refractivity contribution is -0.0656. The molecule has 0 aromatic carbocycles. The van der Waals surface area contributed by atoms with Gasteiger partial charge in [0.1, 0.15) is 5.60 Å². The van der Waals surface area contributed by atoms with Gasteiger partial charge in [-0.25, -0.2) is 4.79 Å². The number of alkyl carbamates (subject to hydrolysis) is 1. The maximum Gasteiger partial charge on any atom is 0.408 e. The summed E-state index contributed by atoms with van der Waals surface area (Å²) in [7, 11) is 0. The van der Waals surface area contributed by atoms with Crippen LogP contribution in [0.4, 0.5) is 4.79 Å². The Bertz CT molecular complexity index is 269. The zero-order valence-electron chi connectivity index (χ0n) is 10.9. The molecule has 2 N–H and O–H groups in total. The van der Waals surface area contributed by atoms with Gasteiger partial charge in [-0.1, -0.05) is 0 Å². The molecule has 0 atom stereocenters. The monoisotopic (exact) mass is 229 g/mol. The van der Waals surface area contributed by atoms with Crippen LogP contribution in [0.2, 0.25) is 0 Å². The lowest BCUT2D eigenvalue weighted by atomic mass is 9.67. The van der Waals surface area contributed by atoms with Gasteiger partial charge in [0.25, 0.3) is 0 Å². The highest BCUT2D eigenvalue weighted by molar-refractivity contribution is 5.69. The van der Waals surface area contributed by atoms with Crippen molar-refractivity contribution >= 4 is 6.09 Å². The van der Waals surface area contributed by atoms with Gasteiger partial charge < -0.3 is 15.2 Å². The second-order valence-electron chi connectivity index (χ2n) is 6.12. The summed E-state index contributed by atoms with van der Waals surface area (Å²) in [6, 6.07) is 0. The van der Waals surface area contributed by atoms with Gasteiger partial charge in [-0.2, -0.15) is 0 Å². The smallest absolute Gasteiger partial charge is 0.408 e. The molecule has 0 aromatic heterocycles. The summed E-state index contributed by atoms with van der Waals surface area (Å²) in [6.45, 7) is 8.92. The lowest BCUT2D eigenvalue weighted by Crippen LogP contribution is -2.66. The Morgan fingerprint density at radius 3 is 2.00 bits per heavy atom. The van der Waals surface area contributed by atoms with E-state index in [1.54, 1.807) is 13.8 Å². The number of amides is 1. The van der Waals surface area contributed by atoms with Crippen LogP contribution in [0.25, 0.3) is 0 Å². The van der Waals surface area contributed by atoms with Crippen molar-refractivity contribution in [3.8, 4) is 0 Å². The lowest BCUT2D eigenvalue weighted by Gasteiger charge is -2.50. The zero-order valence-corrected chi connectivity index (χ0v) is 10.9. The Morgan fingerprint density at radius 2 is 1.75 bits per heavy atom. The van der Waals surface area contributed by atoms with Crippen LogP contribution in [0.5, 0.6) is 0 Å². The fraction of sp³-hybridized carbons (Fsp3) is 0.917. The second-order valence-corrected chi connectivity index (χ2v) is 6.12. The Morgan fingerprint density at radius 1 is 1.25 bits per heavy atom. The molecule has 16 heavy (non-hydrogen) atoms. The molecule has 1 saturated carbocycles. The minimum Gasteiger partial charge on any atom is -0.444 e. The molecular weight excluding hydrogens is 206 g/mol. The molecule has 4 nitrogen and oxygen atoms in total. The van der Waals surface area contributed by atoms with Crippen molar-refractivity contribution in [2.75, 3.05) is 0 Å². The summed E-state index contributed by atoms with van der Waals surface area (Å²) in [5.41, 5.74) is -1.94. The molecule has 1 aliphatic rings. The molecule has 0 aromatic rings. The molecule has 0 radical (unpaired) electrons. The van der Waals surface area contributed by atoms with E-state index in [1.807, 2.05) is 20.8 Å². The number of carbonyl (C=O) groups excluding carboxylic acids is 1. The number of hydrogen-bond acceptors (Lipinski definition) is 3. The standard InChI is InChI=1S/C12H23NO3/c1-10(2,3)16-9(14)13-12(7-6-8-12)11(4,5)15/h15H,6-8H2,1-5H3,(H,13,14). The summed E-state index contributed by atoms with van der Waals surface area (Å²) >= 11 is 0. The summed E-state index contributed by atoms with van der Waals surface area (Å²) in [5, 5.41) is 12.9. The molecule has 0 spiro atoms. The van der Waals surface area contributed by atoms with E-state index in [4.69, 9.17) is 4.74 Å². The van der Waals surface area contributed by atoms with Crippen molar-refractivity contribution in [3.05, 3.63) is 0 Å². The Balaban J connectivity index is 2.62. The van der Waals surface area contributed by atoms with Gasteiger partial charge in [0.2, 0.25) is 0 Å². The first kappa shape index (κ1) is 13.3. The third kappa shape index (κ3) is 2.88. The van der Waals surface area contributed by atoms with Crippen LogP contribution in [0, 0.1) is 0 Å². The highest BCUT2D eigenvalue weighted by atomic mass is 16.6. The molecule has 94 valence electrons. The van der Waals surface area contributed by atoms with Crippen LogP contribution in [0.1, 0.15) is 53.9 Å². The van der Waals surface area contributed by atoms with E-state index < -0.39 is 22.8 Å². The maximum absolute atomic E-state index is 11.7. The van der Waals surface area contributed by atoms with Gasteiger partial charge in [0.15, 0.2) is 0 Å². The van der Waals surface area contributed by atoms with E-state index in [9.17, 15) is 9.90 Å². The largest absolute Gasteiger partial charge is 0.444 e. The van der Waals surface area contributed by atoms with E-state index in [0.717, 1.165) is 19.3 Å². The molecule has 0 bridgehead atoms. The van der Waals surface area contributed by atoms with Crippen LogP contribution >= 0.6 is 0 Å². The predicted molar refractivity (Wildman–Crippen MR) is 62.2 cm³/mol. The second kappa shape index (κ2) is 3.91. The van der Waals surface area contributed by atoms with Crippen LogP contribution in [-0.2, 0) is 4.74 Å². The Hall–Kier alpha value is -0.770. The van der Waals surface area contributed by atoms with Crippen molar-refractivity contribution < 1.29 is 14.6 Å². The number of ether oxygens (including phenoxy) is 1. The topological polar surface area (TPSA) is 58.6 Å². The SMILES string of the molecule is CC(C)(C)OC(=O)NC1(C(C)(C)O)CCC1. The highest BCUT2D eigenvalue weighted by Crippen LogP contribution is 2.40. The average molecular weight is 229 g/mol. The average Bonchev–Trinajstić information content (AvgIpc) is 1.90.